The van der Waals surface area contributed by atoms with Crippen molar-refractivity contribution in [3.63, 3.8) is 0 Å². The molecule has 23 heavy (non-hydrogen) atoms. The zero-order chi connectivity index (χ0) is 16.9. The summed E-state index contributed by atoms with van der Waals surface area (Å²) in [6, 6.07) is 1.37. The molecular weight excluding hydrogens is 377 g/mol. The maximum atomic E-state index is 12.6. The number of sulfonamides is 1. The van der Waals surface area contributed by atoms with Crippen LogP contribution in [0.2, 0.25) is 8.67 Å². The van der Waals surface area contributed by atoms with E-state index < -0.39 is 10.0 Å². The van der Waals surface area contributed by atoms with Crippen molar-refractivity contribution in [3.05, 3.63) is 14.7 Å². The molecule has 5 nitrogen and oxygen atoms in total. The number of likely N-dealkylation sites (tertiary alicyclic amines) is 1. The van der Waals surface area contributed by atoms with Crippen LogP contribution >= 0.6 is 34.5 Å². The number of rotatable bonds is 4. The second kappa shape index (κ2) is 8.55. The van der Waals surface area contributed by atoms with Gasteiger partial charge in [-0.25, -0.2) is 13.1 Å². The number of thiophene rings is 1. The fourth-order valence-corrected chi connectivity index (χ4v) is 5.58. The predicted octanol–water partition coefficient (Wildman–Crippen LogP) is 3.98. The molecule has 0 aromatic carbocycles. The van der Waals surface area contributed by atoms with Crippen LogP contribution in [0, 0.1) is 0 Å². The van der Waals surface area contributed by atoms with Crippen LogP contribution in [-0.4, -0.2) is 38.9 Å². The summed E-state index contributed by atoms with van der Waals surface area (Å²) in [5.41, 5.74) is 0. The normalized spacial score (nSPS) is 17.2. The number of hydrogen-bond donors (Lipinski definition) is 1. The number of nitrogens with one attached hydrogen (secondary N) is 1. The summed E-state index contributed by atoms with van der Waals surface area (Å²) in [6.45, 7) is 4.20. The van der Waals surface area contributed by atoms with Crippen LogP contribution in [0.5, 0.6) is 0 Å². The molecular formula is C14H21Cl2N3O2S2. The Bertz CT molecular complexity index is 651. The van der Waals surface area contributed by atoms with Gasteiger partial charge in [0.25, 0.3) is 10.0 Å². The Balaban J connectivity index is 2.24. The van der Waals surface area contributed by atoms with Gasteiger partial charge in [0, 0.05) is 19.6 Å². The van der Waals surface area contributed by atoms with Gasteiger partial charge in [-0.15, -0.1) is 11.3 Å². The third-order valence-electron chi connectivity index (χ3n) is 3.53. The molecule has 0 atom stereocenters. The van der Waals surface area contributed by atoms with Crippen molar-refractivity contribution in [2.24, 2.45) is 4.99 Å². The van der Waals surface area contributed by atoms with Gasteiger partial charge >= 0.3 is 0 Å². The first-order valence-corrected chi connectivity index (χ1v) is 10.8. The fraction of sp³-hybridized carbons (Fsp3) is 0.643. The molecule has 0 saturated carbocycles. The highest BCUT2D eigenvalue weighted by Crippen LogP contribution is 2.34. The lowest BCUT2D eigenvalue weighted by Gasteiger charge is -2.25. The van der Waals surface area contributed by atoms with Crippen molar-refractivity contribution in [2.45, 2.75) is 43.9 Å². The average Bonchev–Trinajstić information content (AvgIpc) is 2.70. The van der Waals surface area contributed by atoms with Gasteiger partial charge in [0.15, 0.2) is 0 Å². The first kappa shape index (κ1) is 18.8. The summed E-state index contributed by atoms with van der Waals surface area (Å²) < 4.78 is 28.3. The van der Waals surface area contributed by atoms with Crippen LogP contribution in [0.1, 0.15) is 39.0 Å². The zero-order valence-corrected chi connectivity index (χ0v) is 16.2. The molecule has 1 aromatic heterocycles. The summed E-state index contributed by atoms with van der Waals surface area (Å²) in [5, 5.41) is 0. The Morgan fingerprint density at radius 1 is 1.30 bits per heavy atom. The Labute approximate surface area is 151 Å². The van der Waals surface area contributed by atoms with Crippen molar-refractivity contribution in [1.82, 2.24) is 9.62 Å². The minimum Gasteiger partial charge on any atom is -0.342 e. The van der Waals surface area contributed by atoms with E-state index in [0.29, 0.717) is 16.8 Å². The SMILES string of the molecule is CCCN=C(NS(=O)(=O)c1cc(Cl)sc1Cl)N1CCCCCC1. The first-order chi connectivity index (χ1) is 10.9. The van der Waals surface area contributed by atoms with E-state index in [9.17, 15) is 8.42 Å². The third kappa shape index (κ3) is 5.24. The van der Waals surface area contributed by atoms with Gasteiger partial charge in [-0.05, 0) is 25.3 Å². The van der Waals surface area contributed by atoms with Crippen LogP contribution < -0.4 is 4.72 Å². The number of aliphatic imine (C=N–C) groups is 1. The summed E-state index contributed by atoms with van der Waals surface area (Å²) in [5.74, 6) is 0.409. The van der Waals surface area contributed by atoms with E-state index in [2.05, 4.69) is 9.71 Å². The standard InChI is InChI=1S/C14H21Cl2N3O2S2/c1-2-7-17-14(19-8-5-3-4-6-9-19)18-23(20,21)11-10-12(15)22-13(11)16/h10H,2-9H2,1H3,(H,17,18). The molecule has 1 aliphatic heterocycles. The molecule has 0 amide bonds. The topological polar surface area (TPSA) is 61.8 Å². The van der Waals surface area contributed by atoms with E-state index in [-0.39, 0.29) is 9.23 Å². The van der Waals surface area contributed by atoms with Crippen LogP contribution in [0.25, 0.3) is 0 Å². The van der Waals surface area contributed by atoms with E-state index in [0.717, 1.165) is 56.5 Å². The van der Waals surface area contributed by atoms with Gasteiger partial charge in [-0.2, -0.15) is 0 Å². The van der Waals surface area contributed by atoms with Gasteiger partial charge in [-0.1, -0.05) is 43.0 Å². The van der Waals surface area contributed by atoms with E-state index in [4.69, 9.17) is 23.2 Å². The summed E-state index contributed by atoms with van der Waals surface area (Å²) in [6.07, 6.45) is 5.26. The number of halogens is 2. The lowest BCUT2D eigenvalue weighted by Crippen LogP contribution is -2.44. The molecule has 1 fully saturated rings. The lowest BCUT2D eigenvalue weighted by molar-refractivity contribution is 0.423. The Hall–Kier alpha value is -0.500. The highest BCUT2D eigenvalue weighted by molar-refractivity contribution is 7.90. The highest BCUT2D eigenvalue weighted by atomic mass is 35.5. The van der Waals surface area contributed by atoms with E-state index >= 15 is 0 Å². The molecule has 0 radical (unpaired) electrons. The average molecular weight is 398 g/mol. The maximum absolute atomic E-state index is 12.6. The van der Waals surface area contributed by atoms with Crippen molar-refractivity contribution < 1.29 is 8.42 Å². The fourth-order valence-electron chi connectivity index (χ4n) is 2.38. The van der Waals surface area contributed by atoms with Crippen molar-refractivity contribution in [3.8, 4) is 0 Å². The molecule has 9 heteroatoms. The van der Waals surface area contributed by atoms with Crippen molar-refractivity contribution in [1.29, 1.82) is 0 Å². The van der Waals surface area contributed by atoms with Gasteiger partial charge in [0.2, 0.25) is 5.96 Å². The van der Waals surface area contributed by atoms with E-state index in [1.165, 1.54) is 6.07 Å². The van der Waals surface area contributed by atoms with Gasteiger partial charge < -0.3 is 4.90 Å². The van der Waals surface area contributed by atoms with Gasteiger partial charge in [-0.3, -0.25) is 4.99 Å². The number of hydrogen-bond acceptors (Lipinski definition) is 4. The molecule has 1 N–H and O–H groups in total. The molecule has 0 bridgehead atoms. The number of nitrogens with zero attached hydrogens (tertiary/aromatic N) is 2. The largest absolute Gasteiger partial charge is 0.342 e. The summed E-state index contributed by atoms with van der Waals surface area (Å²) in [7, 11) is -3.79. The molecule has 1 saturated heterocycles. The highest BCUT2D eigenvalue weighted by Gasteiger charge is 2.25. The molecule has 0 aliphatic carbocycles. The molecule has 0 unspecified atom stereocenters. The first-order valence-electron chi connectivity index (χ1n) is 7.71. The Morgan fingerprint density at radius 2 is 1.96 bits per heavy atom. The van der Waals surface area contributed by atoms with Crippen LogP contribution in [0.4, 0.5) is 0 Å². The minimum atomic E-state index is -3.79. The maximum Gasteiger partial charge on any atom is 0.266 e. The van der Waals surface area contributed by atoms with Gasteiger partial charge in [0.05, 0.1) is 4.34 Å². The molecule has 2 heterocycles. The molecule has 2 rings (SSSR count). The van der Waals surface area contributed by atoms with Crippen LogP contribution in [0.15, 0.2) is 16.0 Å². The minimum absolute atomic E-state index is 0.00758. The molecule has 1 aliphatic rings. The van der Waals surface area contributed by atoms with Crippen LogP contribution in [-0.2, 0) is 10.0 Å². The smallest absolute Gasteiger partial charge is 0.266 e. The monoisotopic (exact) mass is 397 g/mol. The Morgan fingerprint density at radius 3 is 2.48 bits per heavy atom. The second-order valence-corrected chi connectivity index (χ2v) is 9.34. The molecule has 1 aromatic rings. The van der Waals surface area contributed by atoms with Crippen LogP contribution in [0.3, 0.4) is 0 Å². The lowest BCUT2D eigenvalue weighted by atomic mass is 10.2. The quantitative estimate of drug-likeness (QED) is 0.617. The summed E-state index contributed by atoms with van der Waals surface area (Å²) >= 11 is 12.9. The van der Waals surface area contributed by atoms with Crippen molar-refractivity contribution >= 4 is 50.5 Å². The second-order valence-electron chi connectivity index (χ2n) is 5.40. The predicted molar refractivity (Wildman–Crippen MR) is 97.3 cm³/mol. The zero-order valence-electron chi connectivity index (χ0n) is 13.0. The van der Waals surface area contributed by atoms with E-state index in [1.54, 1.807) is 0 Å². The summed E-state index contributed by atoms with van der Waals surface area (Å²) in [4.78, 5) is 6.46. The Kier molecular flexibility index (Phi) is 7.00. The van der Waals surface area contributed by atoms with Crippen molar-refractivity contribution in [2.75, 3.05) is 19.6 Å². The molecule has 130 valence electrons. The van der Waals surface area contributed by atoms with E-state index in [1.807, 2.05) is 11.8 Å². The van der Waals surface area contributed by atoms with Gasteiger partial charge in [0.1, 0.15) is 9.23 Å². The number of guanidine groups is 1. The molecule has 0 spiro atoms. The third-order valence-corrected chi connectivity index (χ3v) is 6.61.